The third-order valence-corrected chi connectivity index (χ3v) is 3.35. The number of rotatable bonds is 4. The van der Waals surface area contributed by atoms with Gasteiger partial charge in [0.15, 0.2) is 0 Å². The topological polar surface area (TPSA) is 89.7 Å². The minimum atomic E-state index is -1.17. The van der Waals surface area contributed by atoms with Crippen LogP contribution in [0.4, 0.5) is 5.69 Å². The zero-order valence-corrected chi connectivity index (χ0v) is 12.1. The van der Waals surface area contributed by atoms with E-state index in [9.17, 15) is 14.9 Å². The number of nitro benzene ring substituents is 1. The van der Waals surface area contributed by atoms with E-state index in [-0.39, 0.29) is 17.0 Å². The zero-order valence-electron chi connectivity index (χ0n) is 9.95. The third-order valence-electron chi connectivity index (χ3n) is 2.46. The molecule has 2 aromatic rings. The third kappa shape index (κ3) is 3.05. The van der Waals surface area contributed by atoms with Gasteiger partial charge in [-0.05, 0) is 40.8 Å². The van der Waals surface area contributed by atoms with Gasteiger partial charge in [0.2, 0.25) is 5.75 Å². The molecule has 0 saturated heterocycles. The molecule has 0 amide bonds. The molecule has 0 unspecified atom stereocenters. The first-order chi connectivity index (χ1) is 9.49. The fourth-order valence-electron chi connectivity index (χ4n) is 1.53. The van der Waals surface area contributed by atoms with Gasteiger partial charge in [-0.25, -0.2) is 4.79 Å². The molecule has 0 atom stereocenters. The van der Waals surface area contributed by atoms with E-state index in [0.717, 1.165) is 15.7 Å². The van der Waals surface area contributed by atoms with Crippen LogP contribution in [0.15, 0.2) is 42.5 Å². The Morgan fingerprint density at radius 2 is 1.90 bits per heavy atom. The molecular formula is C13H8INO5. The number of ether oxygens (including phenoxy) is 1. The van der Waals surface area contributed by atoms with Crippen molar-refractivity contribution in [2.75, 3.05) is 0 Å². The Balaban J connectivity index is 2.48. The number of hydrogen-bond donors (Lipinski definition) is 1. The molecule has 0 saturated carbocycles. The van der Waals surface area contributed by atoms with Gasteiger partial charge in [-0.15, -0.1) is 0 Å². The summed E-state index contributed by atoms with van der Waals surface area (Å²) >= 11 is 2.03. The number of hydrogen-bond acceptors (Lipinski definition) is 4. The standard InChI is InChI=1S/C13H8INO5/c14-9-3-1-2-4-11(9)20-12-7-8(13(16)17)5-6-10(12)15(18)19/h1-7H,(H,16,17). The average Bonchev–Trinajstić information content (AvgIpc) is 2.41. The molecule has 102 valence electrons. The van der Waals surface area contributed by atoms with E-state index in [4.69, 9.17) is 9.84 Å². The summed E-state index contributed by atoms with van der Waals surface area (Å²) in [4.78, 5) is 21.3. The minimum Gasteiger partial charge on any atom is -0.478 e. The SMILES string of the molecule is O=C(O)c1ccc([N+](=O)[O-])c(Oc2ccccc2I)c1. The van der Waals surface area contributed by atoms with Gasteiger partial charge >= 0.3 is 11.7 Å². The van der Waals surface area contributed by atoms with Crippen LogP contribution in [0, 0.1) is 13.7 Å². The summed E-state index contributed by atoms with van der Waals surface area (Å²) in [7, 11) is 0. The molecule has 1 N–H and O–H groups in total. The molecule has 0 aliphatic heterocycles. The molecule has 0 aromatic heterocycles. The summed E-state index contributed by atoms with van der Waals surface area (Å²) in [6, 6.07) is 10.4. The van der Waals surface area contributed by atoms with Crippen molar-refractivity contribution in [2.45, 2.75) is 0 Å². The lowest BCUT2D eigenvalue weighted by Gasteiger charge is -2.08. The molecule has 2 aromatic carbocycles. The van der Waals surface area contributed by atoms with Crippen LogP contribution in [0.3, 0.4) is 0 Å². The van der Waals surface area contributed by atoms with Gasteiger partial charge in [-0.3, -0.25) is 10.1 Å². The average molecular weight is 385 g/mol. The van der Waals surface area contributed by atoms with E-state index >= 15 is 0 Å². The molecule has 0 aliphatic rings. The fourth-order valence-corrected chi connectivity index (χ4v) is 2.02. The Kier molecular flexibility index (Phi) is 4.18. The zero-order chi connectivity index (χ0) is 14.7. The Hall–Kier alpha value is -2.16. The summed E-state index contributed by atoms with van der Waals surface area (Å²) in [6.45, 7) is 0. The number of para-hydroxylation sites is 1. The van der Waals surface area contributed by atoms with E-state index in [0.29, 0.717) is 5.75 Å². The molecule has 7 heteroatoms. The molecule has 20 heavy (non-hydrogen) atoms. The molecule has 6 nitrogen and oxygen atoms in total. The maximum Gasteiger partial charge on any atom is 0.335 e. The van der Waals surface area contributed by atoms with E-state index in [1.54, 1.807) is 24.3 Å². The minimum absolute atomic E-state index is 0.0726. The van der Waals surface area contributed by atoms with Gasteiger partial charge in [-0.2, -0.15) is 0 Å². The summed E-state index contributed by atoms with van der Waals surface area (Å²) in [6.07, 6.45) is 0. The predicted octanol–water partition coefficient (Wildman–Crippen LogP) is 3.69. The van der Waals surface area contributed by atoms with Crippen LogP contribution in [-0.4, -0.2) is 16.0 Å². The van der Waals surface area contributed by atoms with Crippen LogP contribution >= 0.6 is 22.6 Å². The van der Waals surface area contributed by atoms with Gasteiger partial charge in [0.05, 0.1) is 14.1 Å². The molecule has 0 bridgehead atoms. The van der Waals surface area contributed by atoms with Crippen LogP contribution in [0.25, 0.3) is 0 Å². The lowest BCUT2D eigenvalue weighted by atomic mass is 10.2. The number of nitrogens with zero attached hydrogens (tertiary/aromatic N) is 1. The van der Waals surface area contributed by atoms with Crippen molar-refractivity contribution < 1.29 is 19.6 Å². The summed E-state index contributed by atoms with van der Waals surface area (Å²) in [5.41, 5.74) is -0.355. The van der Waals surface area contributed by atoms with Crippen molar-refractivity contribution in [1.29, 1.82) is 0 Å². The highest BCUT2D eigenvalue weighted by Crippen LogP contribution is 2.34. The lowest BCUT2D eigenvalue weighted by Crippen LogP contribution is -2.00. The van der Waals surface area contributed by atoms with Crippen molar-refractivity contribution in [3.05, 3.63) is 61.7 Å². The second kappa shape index (κ2) is 5.87. The van der Waals surface area contributed by atoms with Crippen molar-refractivity contribution in [2.24, 2.45) is 0 Å². The van der Waals surface area contributed by atoms with Gasteiger partial charge < -0.3 is 9.84 Å². The molecular weight excluding hydrogens is 377 g/mol. The van der Waals surface area contributed by atoms with E-state index in [2.05, 4.69) is 0 Å². The first kappa shape index (κ1) is 14.3. The van der Waals surface area contributed by atoms with Gasteiger partial charge in [0.25, 0.3) is 0 Å². The van der Waals surface area contributed by atoms with Gasteiger partial charge in [0.1, 0.15) is 5.75 Å². The highest BCUT2D eigenvalue weighted by atomic mass is 127. The number of carboxylic acid groups (broad SMARTS) is 1. The van der Waals surface area contributed by atoms with Crippen LogP contribution < -0.4 is 4.74 Å². The number of halogens is 1. The first-order valence-electron chi connectivity index (χ1n) is 5.43. The molecule has 0 fully saturated rings. The maximum absolute atomic E-state index is 11.0. The van der Waals surface area contributed by atoms with Crippen molar-refractivity contribution in [3.8, 4) is 11.5 Å². The quantitative estimate of drug-likeness (QED) is 0.493. The van der Waals surface area contributed by atoms with E-state index in [1.807, 2.05) is 22.6 Å². The van der Waals surface area contributed by atoms with Crippen LogP contribution in [0.1, 0.15) is 10.4 Å². The number of aromatic carboxylic acids is 1. The van der Waals surface area contributed by atoms with Gasteiger partial charge in [0, 0.05) is 12.1 Å². The van der Waals surface area contributed by atoms with Crippen LogP contribution in [-0.2, 0) is 0 Å². The number of carbonyl (C=O) groups is 1. The summed E-state index contributed by atoms with van der Waals surface area (Å²) < 4.78 is 6.24. The molecule has 0 heterocycles. The van der Waals surface area contributed by atoms with Crippen LogP contribution in [0.2, 0.25) is 0 Å². The second-order valence-electron chi connectivity index (χ2n) is 3.78. The van der Waals surface area contributed by atoms with Gasteiger partial charge in [-0.1, -0.05) is 12.1 Å². The summed E-state index contributed by atoms with van der Waals surface area (Å²) in [5.74, 6) is -0.842. The molecule has 0 radical (unpaired) electrons. The second-order valence-corrected chi connectivity index (χ2v) is 4.94. The van der Waals surface area contributed by atoms with E-state index in [1.165, 1.54) is 6.07 Å². The maximum atomic E-state index is 11.0. The normalized spacial score (nSPS) is 10.1. The van der Waals surface area contributed by atoms with Crippen molar-refractivity contribution in [3.63, 3.8) is 0 Å². The molecule has 0 spiro atoms. The lowest BCUT2D eigenvalue weighted by molar-refractivity contribution is -0.385. The number of nitro groups is 1. The van der Waals surface area contributed by atoms with E-state index < -0.39 is 10.9 Å². The van der Waals surface area contributed by atoms with Crippen molar-refractivity contribution >= 4 is 34.2 Å². The Bertz CT molecular complexity index is 686. The summed E-state index contributed by atoms with van der Waals surface area (Å²) in [5, 5.41) is 19.9. The Morgan fingerprint density at radius 3 is 2.50 bits per heavy atom. The van der Waals surface area contributed by atoms with Crippen molar-refractivity contribution in [1.82, 2.24) is 0 Å². The molecule has 2 rings (SSSR count). The number of carboxylic acids is 1. The highest BCUT2D eigenvalue weighted by molar-refractivity contribution is 14.1. The molecule has 0 aliphatic carbocycles. The monoisotopic (exact) mass is 385 g/mol. The first-order valence-corrected chi connectivity index (χ1v) is 6.51. The predicted molar refractivity (Wildman–Crippen MR) is 79.3 cm³/mol. The Morgan fingerprint density at radius 1 is 1.20 bits per heavy atom. The highest BCUT2D eigenvalue weighted by Gasteiger charge is 2.19. The largest absolute Gasteiger partial charge is 0.478 e. The Labute approximate surface area is 127 Å². The number of benzene rings is 2. The fraction of sp³-hybridized carbons (Fsp3) is 0. The smallest absolute Gasteiger partial charge is 0.335 e. The van der Waals surface area contributed by atoms with Crippen LogP contribution in [0.5, 0.6) is 11.5 Å².